The van der Waals surface area contributed by atoms with Crippen LogP contribution in [-0.4, -0.2) is 23.2 Å². The van der Waals surface area contributed by atoms with Crippen molar-refractivity contribution in [3.05, 3.63) is 29.3 Å². The summed E-state index contributed by atoms with van der Waals surface area (Å²) < 4.78 is 0. The van der Waals surface area contributed by atoms with Gasteiger partial charge >= 0.3 is 0 Å². The molecule has 110 valence electrons. The molecule has 0 spiro atoms. The number of aliphatic hydroxyl groups is 1. The van der Waals surface area contributed by atoms with Gasteiger partial charge in [-0.05, 0) is 31.9 Å². The minimum atomic E-state index is -0.458. The predicted molar refractivity (Wildman–Crippen MR) is 79.3 cm³/mol. The Balaban J connectivity index is 2.12. The van der Waals surface area contributed by atoms with Gasteiger partial charge in [0.15, 0.2) is 0 Å². The van der Waals surface area contributed by atoms with Crippen molar-refractivity contribution in [3.8, 4) is 0 Å². The minimum Gasteiger partial charge on any atom is -0.391 e. The molecule has 0 aliphatic heterocycles. The number of nitrogens with one attached hydrogen (secondary N) is 2. The highest BCUT2D eigenvalue weighted by molar-refractivity contribution is 5.99. The summed E-state index contributed by atoms with van der Waals surface area (Å²) in [6.45, 7) is 1.93. The summed E-state index contributed by atoms with van der Waals surface area (Å²) in [4.78, 5) is 12.4. The Bertz CT molecular complexity index is 476. The molecule has 1 aromatic rings. The van der Waals surface area contributed by atoms with Crippen molar-refractivity contribution in [2.24, 2.45) is 5.84 Å². The Kier molecular flexibility index (Phi) is 4.98. The Morgan fingerprint density at radius 1 is 1.30 bits per heavy atom. The van der Waals surface area contributed by atoms with E-state index in [1.165, 1.54) is 0 Å². The smallest absolute Gasteiger partial charge is 0.253 e. The molecule has 1 saturated carbocycles. The third kappa shape index (κ3) is 3.49. The lowest BCUT2D eigenvalue weighted by Crippen LogP contribution is -2.43. The molecule has 2 atom stereocenters. The second kappa shape index (κ2) is 6.72. The van der Waals surface area contributed by atoms with Crippen molar-refractivity contribution in [2.75, 3.05) is 5.43 Å². The van der Waals surface area contributed by atoms with Crippen molar-refractivity contribution in [2.45, 2.75) is 51.2 Å². The highest BCUT2D eigenvalue weighted by Crippen LogP contribution is 2.20. The maximum absolute atomic E-state index is 12.4. The maximum atomic E-state index is 12.4. The van der Waals surface area contributed by atoms with Crippen LogP contribution in [0.25, 0.3) is 0 Å². The van der Waals surface area contributed by atoms with E-state index in [2.05, 4.69) is 10.7 Å². The fourth-order valence-corrected chi connectivity index (χ4v) is 2.67. The van der Waals surface area contributed by atoms with Crippen molar-refractivity contribution in [1.29, 1.82) is 0 Å². The van der Waals surface area contributed by atoms with Crippen molar-refractivity contribution in [1.82, 2.24) is 5.32 Å². The first-order chi connectivity index (χ1) is 9.61. The van der Waals surface area contributed by atoms with Crippen LogP contribution in [0.15, 0.2) is 18.2 Å². The van der Waals surface area contributed by atoms with Crippen LogP contribution in [-0.2, 0) is 0 Å². The first-order valence-electron chi connectivity index (χ1n) is 7.18. The number of carbonyl (C=O) groups is 1. The highest BCUT2D eigenvalue weighted by Gasteiger charge is 2.24. The fourth-order valence-electron chi connectivity index (χ4n) is 2.67. The zero-order valence-corrected chi connectivity index (χ0v) is 11.9. The number of carbonyl (C=O) groups excluding carboxylic acids is 1. The van der Waals surface area contributed by atoms with Crippen LogP contribution in [0.4, 0.5) is 5.69 Å². The number of rotatable bonds is 3. The number of nitrogen functional groups attached to an aromatic ring is 1. The number of benzene rings is 1. The number of hydrazine groups is 1. The van der Waals surface area contributed by atoms with Gasteiger partial charge in [-0.25, -0.2) is 0 Å². The van der Waals surface area contributed by atoms with E-state index in [0.717, 1.165) is 37.7 Å². The van der Waals surface area contributed by atoms with Gasteiger partial charge in [0.05, 0.1) is 23.4 Å². The van der Waals surface area contributed by atoms with Crippen LogP contribution >= 0.6 is 0 Å². The SMILES string of the molecule is Cc1ccc(NN)c(C(=O)NC2CCCCCC2O)c1. The number of aryl methyl sites for hydroxylation is 1. The molecular weight excluding hydrogens is 254 g/mol. The van der Waals surface area contributed by atoms with Gasteiger partial charge in [-0.2, -0.15) is 0 Å². The summed E-state index contributed by atoms with van der Waals surface area (Å²) in [5.74, 6) is 5.26. The highest BCUT2D eigenvalue weighted by atomic mass is 16.3. The second-order valence-electron chi connectivity index (χ2n) is 5.48. The normalized spacial score (nSPS) is 22.9. The summed E-state index contributed by atoms with van der Waals surface area (Å²) in [7, 11) is 0. The number of aliphatic hydroxyl groups excluding tert-OH is 1. The lowest BCUT2D eigenvalue weighted by molar-refractivity contribution is 0.0819. The summed E-state index contributed by atoms with van der Waals surface area (Å²) in [5.41, 5.74) is 4.65. The Labute approximate surface area is 119 Å². The van der Waals surface area contributed by atoms with Crippen LogP contribution in [0.1, 0.15) is 48.0 Å². The van der Waals surface area contributed by atoms with E-state index in [0.29, 0.717) is 11.3 Å². The molecule has 0 bridgehead atoms. The third-order valence-electron chi connectivity index (χ3n) is 3.87. The quantitative estimate of drug-likeness (QED) is 0.385. The van der Waals surface area contributed by atoms with Gasteiger partial charge in [-0.15, -0.1) is 0 Å². The van der Waals surface area contributed by atoms with Gasteiger partial charge < -0.3 is 15.8 Å². The molecule has 0 aromatic heterocycles. The zero-order chi connectivity index (χ0) is 14.5. The van der Waals surface area contributed by atoms with E-state index in [1.807, 2.05) is 13.0 Å². The number of hydrogen-bond donors (Lipinski definition) is 4. The monoisotopic (exact) mass is 277 g/mol. The standard InChI is InChI=1S/C15H23N3O2/c1-10-7-8-12(18-16)11(9-10)15(20)17-13-5-3-2-4-6-14(13)19/h7-9,13-14,18-19H,2-6,16H2,1H3,(H,17,20). The molecule has 20 heavy (non-hydrogen) atoms. The molecule has 1 amide bonds. The number of hydrogen-bond acceptors (Lipinski definition) is 4. The number of amides is 1. The molecule has 0 saturated heterocycles. The minimum absolute atomic E-state index is 0.170. The molecule has 2 rings (SSSR count). The van der Waals surface area contributed by atoms with Crippen LogP contribution < -0.4 is 16.6 Å². The van der Waals surface area contributed by atoms with Crippen LogP contribution in [0.5, 0.6) is 0 Å². The summed E-state index contributed by atoms with van der Waals surface area (Å²) in [5, 5.41) is 13.0. The van der Waals surface area contributed by atoms with Crippen molar-refractivity contribution >= 4 is 11.6 Å². The van der Waals surface area contributed by atoms with Crippen LogP contribution in [0.3, 0.4) is 0 Å². The maximum Gasteiger partial charge on any atom is 0.253 e. The summed E-state index contributed by atoms with van der Waals surface area (Å²) in [6.07, 6.45) is 4.29. The van der Waals surface area contributed by atoms with Gasteiger partial charge in [-0.1, -0.05) is 30.9 Å². The third-order valence-corrected chi connectivity index (χ3v) is 3.87. The first kappa shape index (κ1) is 14.8. The summed E-state index contributed by atoms with van der Waals surface area (Å²) >= 11 is 0. The molecular formula is C15H23N3O2. The Hall–Kier alpha value is -1.59. The molecule has 1 fully saturated rings. The average molecular weight is 277 g/mol. The van der Waals surface area contributed by atoms with E-state index in [-0.39, 0.29) is 11.9 Å². The lowest BCUT2D eigenvalue weighted by Gasteiger charge is -2.22. The van der Waals surface area contributed by atoms with Gasteiger partial charge in [0.25, 0.3) is 5.91 Å². The molecule has 5 N–H and O–H groups in total. The van der Waals surface area contributed by atoms with Gasteiger partial charge in [0.2, 0.25) is 0 Å². The molecule has 5 nitrogen and oxygen atoms in total. The predicted octanol–water partition coefficient (Wildman–Crippen LogP) is 1.70. The molecule has 1 aliphatic rings. The average Bonchev–Trinajstić information content (AvgIpc) is 2.64. The zero-order valence-electron chi connectivity index (χ0n) is 11.9. The Morgan fingerprint density at radius 2 is 2.05 bits per heavy atom. The number of nitrogens with two attached hydrogens (primary N) is 1. The molecule has 0 heterocycles. The topological polar surface area (TPSA) is 87.4 Å². The van der Waals surface area contributed by atoms with E-state index < -0.39 is 6.10 Å². The van der Waals surface area contributed by atoms with Gasteiger partial charge in [0.1, 0.15) is 0 Å². The first-order valence-corrected chi connectivity index (χ1v) is 7.18. The van der Waals surface area contributed by atoms with E-state index in [1.54, 1.807) is 12.1 Å². The fraction of sp³-hybridized carbons (Fsp3) is 0.533. The van der Waals surface area contributed by atoms with Gasteiger partial charge in [-0.3, -0.25) is 10.6 Å². The van der Waals surface area contributed by atoms with Crippen molar-refractivity contribution < 1.29 is 9.90 Å². The molecule has 0 radical (unpaired) electrons. The lowest BCUT2D eigenvalue weighted by atomic mass is 10.0. The van der Waals surface area contributed by atoms with E-state index in [9.17, 15) is 9.90 Å². The van der Waals surface area contributed by atoms with E-state index >= 15 is 0 Å². The Morgan fingerprint density at radius 3 is 2.80 bits per heavy atom. The second-order valence-corrected chi connectivity index (χ2v) is 5.48. The molecule has 1 aliphatic carbocycles. The van der Waals surface area contributed by atoms with Crippen LogP contribution in [0, 0.1) is 6.92 Å². The van der Waals surface area contributed by atoms with E-state index in [4.69, 9.17) is 5.84 Å². The van der Waals surface area contributed by atoms with Crippen LogP contribution in [0.2, 0.25) is 0 Å². The van der Waals surface area contributed by atoms with Gasteiger partial charge in [0, 0.05) is 0 Å². The largest absolute Gasteiger partial charge is 0.391 e. The summed E-state index contributed by atoms with van der Waals surface area (Å²) in [6, 6.07) is 5.31. The molecule has 1 aromatic carbocycles. The number of anilines is 1. The molecule has 2 unspecified atom stereocenters. The molecule has 5 heteroatoms. The van der Waals surface area contributed by atoms with Crippen molar-refractivity contribution in [3.63, 3.8) is 0 Å².